The van der Waals surface area contributed by atoms with E-state index in [1.54, 1.807) is 7.11 Å². The molecule has 2 aromatic rings. The standard InChI is InChI=1S/C16H23N3O3/c1-3-18-7-6-13-4-5-14(12-15(13)18)17-16(21)19(8-10-20)9-11-22-2/h4-7,12,20H,3,8-11H2,1-2H3,(H,17,21). The van der Waals surface area contributed by atoms with Crippen molar-refractivity contribution in [1.29, 1.82) is 0 Å². The minimum atomic E-state index is -0.236. The van der Waals surface area contributed by atoms with Crippen LogP contribution in [0.1, 0.15) is 6.92 Å². The second-order valence-electron chi connectivity index (χ2n) is 5.01. The van der Waals surface area contributed by atoms with E-state index < -0.39 is 0 Å². The number of amides is 2. The van der Waals surface area contributed by atoms with Crippen molar-refractivity contribution >= 4 is 22.6 Å². The summed E-state index contributed by atoms with van der Waals surface area (Å²) >= 11 is 0. The Morgan fingerprint density at radius 1 is 1.36 bits per heavy atom. The van der Waals surface area contributed by atoms with E-state index in [2.05, 4.69) is 22.9 Å². The van der Waals surface area contributed by atoms with E-state index in [4.69, 9.17) is 9.84 Å². The summed E-state index contributed by atoms with van der Waals surface area (Å²) in [5.74, 6) is 0. The summed E-state index contributed by atoms with van der Waals surface area (Å²) in [4.78, 5) is 13.8. The highest BCUT2D eigenvalue weighted by molar-refractivity contribution is 5.92. The number of nitrogens with one attached hydrogen (secondary N) is 1. The number of hydrogen-bond acceptors (Lipinski definition) is 3. The number of methoxy groups -OCH3 is 1. The first-order chi connectivity index (χ1) is 10.7. The van der Waals surface area contributed by atoms with Gasteiger partial charge in [0.2, 0.25) is 0 Å². The van der Waals surface area contributed by atoms with Gasteiger partial charge in [0.25, 0.3) is 0 Å². The summed E-state index contributed by atoms with van der Waals surface area (Å²) in [6.07, 6.45) is 2.03. The molecule has 6 heteroatoms. The number of nitrogens with zero attached hydrogens (tertiary/aromatic N) is 2. The number of carbonyl (C=O) groups excluding carboxylic acids is 1. The molecule has 2 amide bonds. The third-order valence-electron chi connectivity index (χ3n) is 3.59. The maximum atomic E-state index is 12.3. The molecule has 0 aliphatic carbocycles. The first-order valence-corrected chi connectivity index (χ1v) is 7.44. The number of carbonyl (C=O) groups is 1. The zero-order valence-corrected chi connectivity index (χ0v) is 13.1. The maximum Gasteiger partial charge on any atom is 0.322 e. The van der Waals surface area contributed by atoms with Crippen molar-refractivity contribution in [3.05, 3.63) is 30.5 Å². The van der Waals surface area contributed by atoms with E-state index in [9.17, 15) is 4.79 Å². The Morgan fingerprint density at radius 2 is 2.18 bits per heavy atom. The third-order valence-corrected chi connectivity index (χ3v) is 3.59. The molecule has 1 heterocycles. The van der Waals surface area contributed by atoms with Gasteiger partial charge in [-0.3, -0.25) is 0 Å². The molecule has 0 saturated carbocycles. The van der Waals surface area contributed by atoms with E-state index in [0.29, 0.717) is 13.2 Å². The fraction of sp³-hybridized carbons (Fsp3) is 0.438. The molecule has 2 N–H and O–H groups in total. The Kier molecular flexibility index (Phi) is 5.80. The van der Waals surface area contributed by atoms with Crippen LogP contribution in [-0.2, 0) is 11.3 Å². The highest BCUT2D eigenvalue weighted by Crippen LogP contribution is 2.20. The molecule has 0 fully saturated rings. The van der Waals surface area contributed by atoms with Gasteiger partial charge in [0.15, 0.2) is 0 Å². The zero-order chi connectivity index (χ0) is 15.9. The van der Waals surface area contributed by atoms with Crippen molar-refractivity contribution in [3.8, 4) is 0 Å². The molecule has 0 bridgehead atoms. The molecular formula is C16H23N3O3. The molecule has 0 saturated heterocycles. The number of anilines is 1. The first kappa shape index (κ1) is 16.3. The smallest absolute Gasteiger partial charge is 0.322 e. The summed E-state index contributed by atoms with van der Waals surface area (Å²) < 4.78 is 7.12. The maximum absolute atomic E-state index is 12.3. The lowest BCUT2D eigenvalue weighted by Crippen LogP contribution is -2.39. The Hall–Kier alpha value is -2.05. The van der Waals surface area contributed by atoms with Crippen molar-refractivity contribution in [2.45, 2.75) is 13.5 Å². The molecule has 0 unspecified atom stereocenters. The minimum absolute atomic E-state index is 0.0745. The average molecular weight is 305 g/mol. The second kappa shape index (κ2) is 7.82. The number of hydrogen-bond donors (Lipinski definition) is 2. The largest absolute Gasteiger partial charge is 0.395 e. The molecule has 6 nitrogen and oxygen atoms in total. The van der Waals surface area contributed by atoms with Crippen LogP contribution in [0.15, 0.2) is 30.5 Å². The second-order valence-corrected chi connectivity index (χ2v) is 5.01. The van der Waals surface area contributed by atoms with Crippen LogP contribution in [0, 0.1) is 0 Å². The highest BCUT2D eigenvalue weighted by Gasteiger charge is 2.13. The van der Waals surface area contributed by atoms with Gasteiger partial charge < -0.3 is 24.6 Å². The van der Waals surface area contributed by atoms with Crippen LogP contribution in [0.25, 0.3) is 10.9 Å². The van der Waals surface area contributed by atoms with Crippen LogP contribution in [-0.4, -0.2) is 54.0 Å². The highest BCUT2D eigenvalue weighted by atomic mass is 16.5. The molecule has 0 atom stereocenters. The molecule has 0 aliphatic heterocycles. The van der Waals surface area contributed by atoms with Gasteiger partial charge in [0, 0.05) is 38.6 Å². The molecule has 0 spiro atoms. The van der Waals surface area contributed by atoms with Crippen LogP contribution < -0.4 is 5.32 Å². The predicted molar refractivity (Wildman–Crippen MR) is 87.2 cm³/mol. The van der Waals surface area contributed by atoms with Crippen LogP contribution in [0.5, 0.6) is 0 Å². The molecule has 0 radical (unpaired) electrons. The molecule has 1 aromatic heterocycles. The number of aliphatic hydroxyl groups excluding tert-OH is 1. The summed E-state index contributed by atoms with van der Waals surface area (Å²) in [6, 6.07) is 7.65. The Bertz CT molecular complexity index is 624. The molecule has 22 heavy (non-hydrogen) atoms. The van der Waals surface area contributed by atoms with Crippen LogP contribution >= 0.6 is 0 Å². The number of aromatic nitrogens is 1. The van der Waals surface area contributed by atoms with Gasteiger partial charge in [-0.15, -0.1) is 0 Å². The van der Waals surface area contributed by atoms with Crippen molar-refractivity contribution in [2.24, 2.45) is 0 Å². The number of aryl methyl sites for hydroxylation is 1. The van der Waals surface area contributed by atoms with E-state index in [-0.39, 0.29) is 19.2 Å². The van der Waals surface area contributed by atoms with E-state index in [1.807, 2.05) is 24.4 Å². The number of urea groups is 1. The van der Waals surface area contributed by atoms with Gasteiger partial charge in [-0.1, -0.05) is 6.07 Å². The Labute approximate surface area is 130 Å². The van der Waals surface area contributed by atoms with Gasteiger partial charge in [-0.05, 0) is 30.5 Å². The number of benzene rings is 1. The Balaban J connectivity index is 2.12. The van der Waals surface area contributed by atoms with Crippen molar-refractivity contribution in [2.75, 3.05) is 38.7 Å². The van der Waals surface area contributed by atoms with Gasteiger partial charge >= 0.3 is 6.03 Å². The fourth-order valence-corrected chi connectivity index (χ4v) is 2.38. The normalized spacial score (nSPS) is 10.9. The average Bonchev–Trinajstić information content (AvgIpc) is 2.93. The lowest BCUT2D eigenvalue weighted by atomic mass is 10.2. The molecular weight excluding hydrogens is 282 g/mol. The van der Waals surface area contributed by atoms with Crippen LogP contribution in [0.2, 0.25) is 0 Å². The van der Waals surface area contributed by atoms with Gasteiger partial charge in [-0.2, -0.15) is 0 Å². The molecule has 1 aromatic carbocycles. The summed E-state index contributed by atoms with van der Waals surface area (Å²) in [5, 5.41) is 13.1. The zero-order valence-electron chi connectivity index (χ0n) is 13.1. The number of ether oxygens (including phenoxy) is 1. The van der Waals surface area contributed by atoms with Crippen LogP contribution in [0.3, 0.4) is 0 Å². The van der Waals surface area contributed by atoms with Gasteiger partial charge in [0.05, 0.1) is 18.7 Å². The SMILES string of the molecule is CCn1ccc2ccc(NC(=O)N(CCO)CCOC)cc21. The van der Waals surface area contributed by atoms with Crippen molar-refractivity contribution < 1.29 is 14.6 Å². The van der Waals surface area contributed by atoms with Crippen molar-refractivity contribution in [3.63, 3.8) is 0 Å². The molecule has 0 aliphatic rings. The van der Waals surface area contributed by atoms with Gasteiger partial charge in [-0.25, -0.2) is 4.79 Å². The van der Waals surface area contributed by atoms with E-state index in [1.165, 1.54) is 4.90 Å². The Morgan fingerprint density at radius 3 is 2.86 bits per heavy atom. The summed E-state index contributed by atoms with van der Waals surface area (Å²) in [5.41, 5.74) is 1.83. The molecule has 120 valence electrons. The monoisotopic (exact) mass is 305 g/mol. The topological polar surface area (TPSA) is 66.7 Å². The summed E-state index contributed by atoms with van der Waals surface area (Å²) in [7, 11) is 1.59. The molecule has 2 rings (SSSR count). The summed E-state index contributed by atoms with van der Waals surface area (Å²) in [6.45, 7) is 4.04. The minimum Gasteiger partial charge on any atom is -0.395 e. The number of rotatable bonds is 7. The van der Waals surface area contributed by atoms with Crippen LogP contribution in [0.4, 0.5) is 10.5 Å². The van der Waals surface area contributed by atoms with Crippen molar-refractivity contribution in [1.82, 2.24) is 9.47 Å². The lowest BCUT2D eigenvalue weighted by molar-refractivity contribution is 0.142. The number of aliphatic hydroxyl groups is 1. The van der Waals surface area contributed by atoms with E-state index >= 15 is 0 Å². The number of fused-ring (bicyclic) bond motifs is 1. The first-order valence-electron chi connectivity index (χ1n) is 7.44. The fourth-order valence-electron chi connectivity index (χ4n) is 2.38. The predicted octanol–water partition coefficient (Wildman–Crippen LogP) is 2.13. The lowest BCUT2D eigenvalue weighted by Gasteiger charge is -2.21. The third kappa shape index (κ3) is 3.78. The van der Waals surface area contributed by atoms with Gasteiger partial charge in [0.1, 0.15) is 0 Å². The quantitative estimate of drug-likeness (QED) is 0.823. The van der Waals surface area contributed by atoms with E-state index in [0.717, 1.165) is 23.1 Å².